The van der Waals surface area contributed by atoms with Gasteiger partial charge in [-0.25, -0.2) is 9.97 Å². The van der Waals surface area contributed by atoms with Gasteiger partial charge in [0.1, 0.15) is 0 Å². The molecule has 0 fully saturated rings. The normalized spacial score (nSPS) is 12.4. The highest BCUT2D eigenvalue weighted by Crippen LogP contribution is 2.08. The van der Waals surface area contributed by atoms with Gasteiger partial charge in [0.05, 0.1) is 13.2 Å². The fourth-order valence-corrected chi connectivity index (χ4v) is 1.70. The van der Waals surface area contributed by atoms with E-state index in [1.807, 2.05) is 24.2 Å². The second-order valence-electron chi connectivity index (χ2n) is 4.55. The SMILES string of the molecule is COCCN(CCOC)c1ncc(CC(C)N)cn1. The molecule has 0 aliphatic carbocycles. The van der Waals surface area contributed by atoms with Crippen LogP contribution in [-0.4, -0.2) is 56.5 Å². The van der Waals surface area contributed by atoms with Crippen molar-refractivity contribution < 1.29 is 9.47 Å². The lowest BCUT2D eigenvalue weighted by molar-refractivity contribution is 0.189. The van der Waals surface area contributed by atoms with E-state index in [-0.39, 0.29) is 6.04 Å². The van der Waals surface area contributed by atoms with E-state index in [0.717, 1.165) is 25.1 Å². The number of hydrogen-bond donors (Lipinski definition) is 1. The van der Waals surface area contributed by atoms with E-state index >= 15 is 0 Å². The van der Waals surface area contributed by atoms with Crippen molar-refractivity contribution in [2.45, 2.75) is 19.4 Å². The second-order valence-corrected chi connectivity index (χ2v) is 4.55. The summed E-state index contributed by atoms with van der Waals surface area (Å²) < 4.78 is 10.2. The van der Waals surface area contributed by atoms with Crippen molar-refractivity contribution in [1.29, 1.82) is 0 Å². The van der Waals surface area contributed by atoms with Gasteiger partial charge >= 0.3 is 0 Å². The summed E-state index contributed by atoms with van der Waals surface area (Å²) in [5.74, 6) is 0.697. The molecule has 1 atom stereocenters. The van der Waals surface area contributed by atoms with Gasteiger partial charge in [-0.2, -0.15) is 0 Å². The van der Waals surface area contributed by atoms with Crippen LogP contribution in [0, 0.1) is 0 Å². The van der Waals surface area contributed by atoms with Gasteiger partial charge in [-0.15, -0.1) is 0 Å². The van der Waals surface area contributed by atoms with Gasteiger partial charge in [-0.1, -0.05) is 0 Å². The molecule has 6 heteroatoms. The van der Waals surface area contributed by atoms with Crippen molar-refractivity contribution >= 4 is 5.95 Å². The Balaban J connectivity index is 2.66. The fraction of sp³-hybridized carbons (Fsp3) is 0.692. The van der Waals surface area contributed by atoms with Crippen LogP contribution < -0.4 is 10.6 Å². The molecule has 19 heavy (non-hydrogen) atoms. The molecule has 108 valence electrons. The highest BCUT2D eigenvalue weighted by atomic mass is 16.5. The van der Waals surface area contributed by atoms with Gasteiger partial charge in [-0.05, 0) is 18.9 Å². The first kappa shape index (κ1) is 15.8. The third-order valence-corrected chi connectivity index (χ3v) is 2.66. The molecule has 1 unspecified atom stereocenters. The highest BCUT2D eigenvalue weighted by molar-refractivity contribution is 5.29. The topological polar surface area (TPSA) is 73.5 Å². The summed E-state index contributed by atoms with van der Waals surface area (Å²) in [6.45, 7) is 4.72. The maximum atomic E-state index is 5.75. The first-order chi connectivity index (χ1) is 9.17. The predicted molar refractivity (Wildman–Crippen MR) is 75.4 cm³/mol. The van der Waals surface area contributed by atoms with E-state index in [2.05, 4.69) is 9.97 Å². The third-order valence-electron chi connectivity index (χ3n) is 2.66. The van der Waals surface area contributed by atoms with Gasteiger partial charge in [0, 0.05) is 45.7 Å². The molecule has 0 aliphatic heterocycles. The fourth-order valence-electron chi connectivity index (χ4n) is 1.70. The zero-order chi connectivity index (χ0) is 14.1. The molecule has 0 aromatic carbocycles. The lowest BCUT2D eigenvalue weighted by atomic mass is 10.1. The molecule has 1 rings (SSSR count). The minimum atomic E-state index is 0.118. The molecule has 6 nitrogen and oxygen atoms in total. The molecule has 1 heterocycles. The summed E-state index contributed by atoms with van der Waals surface area (Å²) in [7, 11) is 3.36. The number of nitrogens with zero attached hydrogens (tertiary/aromatic N) is 3. The van der Waals surface area contributed by atoms with E-state index in [4.69, 9.17) is 15.2 Å². The van der Waals surface area contributed by atoms with E-state index in [1.165, 1.54) is 0 Å². The highest BCUT2D eigenvalue weighted by Gasteiger charge is 2.09. The molecular weight excluding hydrogens is 244 g/mol. The molecule has 1 aromatic rings. The molecule has 0 radical (unpaired) electrons. The average molecular weight is 268 g/mol. The molecular formula is C13H24N4O2. The van der Waals surface area contributed by atoms with Crippen molar-refractivity contribution in [2.24, 2.45) is 5.73 Å². The van der Waals surface area contributed by atoms with Crippen LogP contribution in [0.4, 0.5) is 5.95 Å². The third kappa shape index (κ3) is 5.96. The van der Waals surface area contributed by atoms with Crippen LogP contribution in [-0.2, 0) is 15.9 Å². The lowest BCUT2D eigenvalue weighted by Crippen LogP contribution is -2.32. The molecule has 0 amide bonds. The van der Waals surface area contributed by atoms with Crippen molar-refractivity contribution in [2.75, 3.05) is 45.4 Å². The number of aromatic nitrogens is 2. The Hall–Kier alpha value is -1.24. The maximum absolute atomic E-state index is 5.75. The minimum absolute atomic E-state index is 0.118. The summed E-state index contributed by atoms with van der Waals surface area (Å²) in [6.07, 6.45) is 4.45. The quantitative estimate of drug-likeness (QED) is 0.701. The zero-order valence-electron chi connectivity index (χ0n) is 12.0. The van der Waals surface area contributed by atoms with E-state index in [1.54, 1.807) is 14.2 Å². The van der Waals surface area contributed by atoms with Crippen LogP contribution in [0.15, 0.2) is 12.4 Å². The Bertz CT molecular complexity index is 335. The molecule has 0 spiro atoms. The number of hydrogen-bond acceptors (Lipinski definition) is 6. The Kier molecular flexibility index (Phi) is 7.32. The van der Waals surface area contributed by atoms with Crippen LogP contribution in [0.1, 0.15) is 12.5 Å². The summed E-state index contributed by atoms with van der Waals surface area (Å²) in [5.41, 5.74) is 6.81. The number of ether oxygens (including phenoxy) is 2. The predicted octanol–water partition coefficient (Wildman–Crippen LogP) is 0.466. The van der Waals surface area contributed by atoms with Crippen LogP contribution in [0.5, 0.6) is 0 Å². The Morgan fingerprint density at radius 3 is 2.11 bits per heavy atom. The number of rotatable bonds is 9. The maximum Gasteiger partial charge on any atom is 0.225 e. The van der Waals surface area contributed by atoms with E-state index in [0.29, 0.717) is 19.2 Å². The standard InChI is InChI=1S/C13H24N4O2/c1-11(14)8-12-9-15-13(16-10-12)17(4-6-18-2)5-7-19-3/h9-11H,4-8,14H2,1-3H3. The Morgan fingerprint density at radius 2 is 1.68 bits per heavy atom. The van der Waals surface area contributed by atoms with Crippen LogP contribution in [0.25, 0.3) is 0 Å². The van der Waals surface area contributed by atoms with Crippen molar-refractivity contribution in [3.8, 4) is 0 Å². The smallest absolute Gasteiger partial charge is 0.225 e. The average Bonchev–Trinajstić information content (AvgIpc) is 2.39. The summed E-state index contributed by atoms with van der Waals surface area (Å²) in [4.78, 5) is 10.8. The first-order valence-electron chi connectivity index (χ1n) is 6.46. The summed E-state index contributed by atoms with van der Waals surface area (Å²) in [5, 5.41) is 0. The van der Waals surface area contributed by atoms with E-state index < -0.39 is 0 Å². The van der Waals surface area contributed by atoms with Crippen LogP contribution in [0.3, 0.4) is 0 Å². The first-order valence-corrected chi connectivity index (χ1v) is 6.46. The molecule has 2 N–H and O–H groups in total. The largest absolute Gasteiger partial charge is 0.383 e. The summed E-state index contributed by atoms with van der Waals surface area (Å²) in [6, 6.07) is 0.118. The molecule has 0 aliphatic rings. The minimum Gasteiger partial charge on any atom is -0.383 e. The second kappa shape index (κ2) is 8.79. The lowest BCUT2D eigenvalue weighted by Gasteiger charge is -2.21. The summed E-state index contributed by atoms with van der Waals surface area (Å²) >= 11 is 0. The van der Waals surface area contributed by atoms with Gasteiger partial charge in [0.2, 0.25) is 5.95 Å². The molecule has 0 saturated heterocycles. The van der Waals surface area contributed by atoms with Gasteiger partial charge in [0.25, 0.3) is 0 Å². The van der Waals surface area contributed by atoms with Gasteiger partial charge in [-0.3, -0.25) is 0 Å². The van der Waals surface area contributed by atoms with Crippen LogP contribution in [0.2, 0.25) is 0 Å². The van der Waals surface area contributed by atoms with Crippen LogP contribution >= 0.6 is 0 Å². The molecule has 1 aromatic heterocycles. The van der Waals surface area contributed by atoms with Gasteiger partial charge in [0.15, 0.2) is 0 Å². The van der Waals surface area contributed by atoms with Crippen molar-refractivity contribution in [1.82, 2.24) is 9.97 Å². The number of anilines is 1. The molecule has 0 saturated carbocycles. The molecule has 0 bridgehead atoms. The Labute approximate surface area is 114 Å². The Morgan fingerprint density at radius 1 is 1.16 bits per heavy atom. The monoisotopic (exact) mass is 268 g/mol. The number of nitrogens with two attached hydrogens (primary N) is 1. The van der Waals surface area contributed by atoms with Gasteiger partial charge < -0.3 is 20.1 Å². The van der Waals surface area contributed by atoms with Crippen molar-refractivity contribution in [3.63, 3.8) is 0 Å². The zero-order valence-corrected chi connectivity index (χ0v) is 12.0. The number of methoxy groups -OCH3 is 2. The van der Waals surface area contributed by atoms with E-state index in [9.17, 15) is 0 Å². The van der Waals surface area contributed by atoms with Crippen molar-refractivity contribution in [3.05, 3.63) is 18.0 Å².